The Kier molecular flexibility index (Phi) is 7.65. The van der Waals surface area contributed by atoms with Crippen molar-refractivity contribution in [1.29, 1.82) is 0 Å². The van der Waals surface area contributed by atoms with Crippen LogP contribution in [-0.4, -0.2) is 26.3 Å². The minimum atomic E-state index is -0.277. The summed E-state index contributed by atoms with van der Waals surface area (Å²) in [6.45, 7) is 2.45. The van der Waals surface area contributed by atoms with Gasteiger partial charge in [0.15, 0.2) is 11.5 Å². The minimum Gasteiger partial charge on any atom is -0.493 e. The zero-order chi connectivity index (χ0) is 22.1. The summed E-state index contributed by atoms with van der Waals surface area (Å²) >= 11 is 0. The molecule has 160 valence electrons. The second kappa shape index (κ2) is 10.8. The maximum absolute atomic E-state index is 12.3. The molecule has 3 aromatic carbocycles. The molecule has 1 amide bonds. The molecule has 3 rings (SSSR count). The molecule has 0 aliphatic carbocycles. The van der Waals surface area contributed by atoms with Crippen LogP contribution < -0.4 is 19.6 Å². The van der Waals surface area contributed by atoms with Gasteiger partial charge in [-0.15, -0.1) is 0 Å². The van der Waals surface area contributed by atoms with Gasteiger partial charge >= 0.3 is 0 Å². The van der Waals surface area contributed by atoms with E-state index in [-0.39, 0.29) is 5.91 Å². The summed E-state index contributed by atoms with van der Waals surface area (Å²) in [6, 6.07) is 20.8. The lowest BCUT2D eigenvalue weighted by Gasteiger charge is -2.15. The third kappa shape index (κ3) is 5.85. The van der Waals surface area contributed by atoms with Crippen molar-refractivity contribution < 1.29 is 19.0 Å². The molecule has 0 unspecified atom stereocenters. The molecule has 0 aromatic heterocycles. The highest BCUT2D eigenvalue weighted by molar-refractivity contribution is 5.95. The van der Waals surface area contributed by atoms with Gasteiger partial charge in [0.05, 0.1) is 20.4 Å². The first-order valence-electron chi connectivity index (χ1n) is 9.99. The van der Waals surface area contributed by atoms with Gasteiger partial charge in [0, 0.05) is 11.1 Å². The van der Waals surface area contributed by atoms with Crippen molar-refractivity contribution in [3.63, 3.8) is 0 Å². The second-order valence-corrected chi connectivity index (χ2v) is 6.78. The van der Waals surface area contributed by atoms with Crippen LogP contribution in [0.4, 0.5) is 0 Å². The number of hydrogen-bond acceptors (Lipinski definition) is 5. The summed E-state index contributed by atoms with van der Waals surface area (Å²) in [5.74, 6) is 1.25. The third-order valence-corrected chi connectivity index (χ3v) is 4.71. The molecule has 6 nitrogen and oxygen atoms in total. The van der Waals surface area contributed by atoms with E-state index in [1.807, 2.05) is 42.5 Å². The van der Waals surface area contributed by atoms with E-state index in [2.05, 4.69) is 17.5 Å². The molecular weight excluding hydrogens is 392 g/mol. The SMILES string of the molecule is CCc1ccc(C(=O)N/N=C\c2cc(OC)c(OCc3ccccc3)c(OC)c2)cc1. The number of ether oxygens (including phenoxy) is 3. The molecule has 6 heteroatoms. The van der Waals surface area contributed by atoms with Crippen LogP contribution >= 0.6 is 0 Å². The van der Waals surface area contributed by atoms with Crippen molar-refractivity contribution in [2.75, 3.05) is 14.2 Å². The maximum atomic E-state index is 12.3. The summed E-state index contributed by atoms with van der Waals surface area (Å²) in [4.78, 5) is 12.3. The number of hydrogen-bond donors (Lipinski definition) is 1. The van der Waals surface area contributed by atoms with E-state index in [9.17, 15) is 4.79 Å². The standard InChI is InChI=1S/C25H26N2O4/c1-4-18-10-12-21(13-11-18)25(28)27-26-16-20-14-22(29-2)24(23(15-20)30-3)31-17-19-8-6-5-7-9-19/h5-16H,4,17H2,1-3H3,(H,27,28)/b26-16-. The lowest BCUT2D eigenvalue weighted by molar-refractivity contribution is 0.0955. The number of carbonyl (C=O) groups is 1. The molecule has 0 spiro atoms. The molecule has 3 aromatic rings. The average Bonchev–Trinajstić information content (AvgIpc) is 2.83. The Morgan fingerprint density at radius 3 is 2.16 bits per heavy atom. The van der Waals surface area contributed by atoms with Crippen LogP contribution in [0, 0.1) is 0 Å². The van der Waals surface area contributed by atoms with E-state index in [4.69, 9.17) is 14.2 Å². The van der Waals surface area contributed by atoms with Crippen LogP contribution in [0.5, 0.6) is 17.2 Å². The van der Waals surface area contributed by atoms with Crippen molar-refractivity contribution in [3.8, 4) is 17.2 Å². The molecule has 0 radical (unpaired) electrons. The second-order valence-electron chi connectivity index (χ2n) is 6.78. The average molecular weight is 418 g/mol. The molecule has 1 N–H and O–H groups in total. The van der Waals surface area contributed by atoms with Crippen LogP contribution in [0.3, 0.4) is 0 Å². The zero-order valence-electron chi connectivity index (χ0n) is 17.9. The van der Waals surface area contributed by atoms with Crippen LogP contribution in [0.15, 0.2) is 71.8 Å². The summed E-state index contributed by atoms with van der Waals surface area (Å²) in [6.07, 6.45) is 2.46. The van der Waals surface area contributed by atoms with Crippen LogP contribution in [-0.2, 0) is 13.0 Å². The Morgan fingerprint density at radius 1 is 0.935 bits per heavy atom. The number of aryl methyl sites for hydroxylation is 1. The minimum absolute atomic E-state index is 0.277. The number of methoxy groups -OCH3 is 2. The van der Waals surface area contributed by atoms with Gasteiger partial charge < -0.3 is 14.2 Å². The summed E-state index contributed by atoms with van der Waals surface area (Å²) in [5.41, 5.74) is 5.99. The van der Waals surface area contributed by atoms with E-state index in [1.54, 1.807) is 38.5 Å². The van der Waals surface area contributed by atoms with E-state index < -0.39 is 0 Å². The summed E-state index contributed by atoms with van der Waals surface area (Å²) < 4.78 is 16.9. The number of benzene rings is 3. The molecular formula is C25H26N2O4. The topological polar surface area (TPSA) is 69.2 Å². The summed E-state index contributed by atoms with van der Waals surface area (Å²) in [5, 5.41) is 4.06. The number of rotatable bonds is 9. The Labute approximate surface area is 182 Å². The fourth-order valence-electron chi connectivity index (χ4n) is 2.97. The Hall–Kier alpha value is -3.80. The van der Waals surface area contributed by atoms with Gasteiger partial charge in [-0.05, 0) is 41.8 Å². The quantitative estimate of drug-likeness (QED) is 0.407. The predicted molar refractivity (Wildman–Crippen MR) is 121 cm³/mol. The van der Waals surface area contributed by atoms with Crippen molar-refractivity contribution in [2.24, 2.45) is 5.10 Å². The third-order valence-electron chi connectivity index (χ3n) is 4.71. The van der Waals surface area contributed by atoms with Crippen molar-refractivity contribution in [2.45, 2.75) is 20.0 Å². The van der Waals surface area contributed by atoms with Crippen LogP contribution in [0.2, 0.25) is 0 Å². The van der Waals surface area contributed by atoms with Gasteiger partial charge in [0.1, 0.15) is 6.61 Å². The molecule has 0 heterocycles. The normalized spacial score (nSPS) is 10.7. The molecule has 0 saturated carbocycles. The highest BCUT2D eigenvalue weighted by atomic mass is 16.5. The number of amides is 1. The highest BCUT2D eigenvalue weighted by Crippen LogP contribution is 2.38. The van der Waals surface area contributed by atoms with Gasteiger partial charge in [-0.25, -0.2) is 5.43 Å². The molecule has 0 fully saturated rings. The molecule has 0 bridgehead atoms. The van der Waals surface area contributed by atoms with Crippen LogP contribution in [0.25, 0.3) is 0 Å². The smallest absolute Gasteiger partial charge is 0.271 e. The zero-order valence-corrected chi connectivity index (χ0v) is 17.9. The fraction of sp³-hybridized carbons (Fsp3) is 0.200. The number of hydrazone groups is 1. The van der Waals surface area contributed by atoms with Crippen molar-refractivity contribution in [3.05, 3.63) is 89.0 Å². The highest BCUT2D eigenvalue weighted by Gasteiger charge is 2.14. The molecule has 0 aliphatic heterocycles. The lowest BCUT2D eigenvalue weighted by Crippen LogP contribution is -2.17. The Bertz CT molecular complexity index is 1010. The van der Waals surface area contributed by atoms with E-state index in [0.29, 0.717) is 35.0 Å². The van der Waals surface area contributed by atoms with Crippen LogP contribution in [0.1, 0.15) is 34.0 Å². The van der Waals surface area contributed by atoms with Gasteiger partial charge in [-0.1, -0.05) is 49.4 Å². The number of nitrogens with zero attached hydrogens (tertiary/aromatic N) is 1. The molecule has 0 aliphatic rings. The van der Waals surface area contributed by atoms with Crippen molar-refractivity contribution >= 4 is 12.1 Å². The first kappa shape index (κ1) is 21.9. The van der Waals surface area contributed by atoms with Gasteiger partial charge in [-0.3, -0.25) is 4.79 Å². The van der Waals surface area contributed by atoms with Crippen molar-refractivity contribution in [1.82, 2.24) is 5.43 Å². The van der Waals surface area contributed by atoms with E-state index in [1.165, 1.54) is 11.8 Å². The Balaban J connectivity index is 1.71. The molecule has 0 atom stereocenters. The Morgan fingerprint density at radius 2 is 1.58 bits per heavy atom. The maximum Gasteiger partial charge on any atom is 0.271 e. The molecule has 31 heavy (non-hydrogen) atoms. The summed E-state index contributed by atoms with van der Waals surface area (Å²) in [7, 11) is 3.12. The van der Waals surface area contributed by atoms with E-state index >= 15 is 0 Å². The van der Waals surface area contributed by atoms with E-state index in [0.717, 1.165) is 12.0 Å². The number of carbonyl (C=O) groups excluding carboxylic acids is 1. The first-order valence-corrected chi connectivity index (χ1v) is 9.99. The first-order chi connectivity index (χ1) is 15.1. The lowest BCUT2D eigenvalue weighted by atomic mass is 10.1. The van der Waals surface area contributed by atoms with Gasteiger partial charge in [0.2, 0.25) is 5.75 Å². The number of nitrogens with one attached hydrogen (secondary N) is 1. The van der Waals surface area contributed by atoms with Gasteiger partial charge in [-0.2, -0.15) is 5.10 Å². The molecule has 0 saturated heterocycles. The fourth-order valence-corrected chi connectivity index (χ4v) is 2.97. The monoisotopic (exact) mass is 418 g/mol. The largest absolute Gasteiger partial charge is 0.493 e. The predicted octanol–water partition coefficient (Wildman–Crippen LogP) is 4.61. The van der Waals surface area contributed by atoms with Gasteiger partial charge in [0.25, 0.3) is 5.91 Å².